The normalized spacial score (nSPS) is 18.3. The van der Waals surface area contributed by atoms with Crippen molar-refractivity contribution in [2.75, 3.05) is 38.9 Å². The molecule has 7 rings (SSSR count). The van der Waals surface area contributed by atoms with E-state index in [0.717, 1.165) is 35.9 Å². The summed E-state index contributed by atoms with van der Waals surface area (Å²) < 4.78 is 12.8. The Morgan fingerprint density at radius 2 is 1.85 bits per heavy atom. The van der Waals surface area contributed by atoms with Gasteiger partial charge in [0.2, 0.25) is 11.8 Å². The van der Waals surface area contributed by atoms with Crippen molar-refractivity contribution >= 4 is 54.5 Å². The molecule has 3 aromatic heterocycles. The number of amides is 4. The molecule has 6 heterocycles. The fourth-order valence-electron chi connectivity index (χ4n) is 7.72. The van der Waals surface area contributed by atoms with Crippen LogP contribution < -0.4 is 10.1 Å². The SMILES string of the molecule is CN1CCC[C@@H]1c1cc2cnc(NC(=O)c3ccc(OCCCC#Cc4cccc5c4CN(C4CCC(=O)N(COCC[Si](C)(C)C)C4=O)C5=O)nc3)cc2n1C(=O)O. The van der Waals surface area contributed by atoms with Gasteiger partial charge in [-0.1, -0.05) is 37.5 Å². The molecule has 3 aliphatic heterocycles. The van der Waals surface area contributed by atoms with E-state index in [0.29, 0.717) is 59.7 Å². The number of fused-ring (bicyclic) bond motifs is 2. The number of rotatable bonds is 13. The molecule has 2 fully saturated rings. The quantitative estimate of drug-likeness (QED) is 0.0703. The second-order valence-electron chi connectivity index (χ2n) is 16.4. The summed E-state index contributed by atoms with van der Waals surface area (Å²) in [6, 6.07) is 12.2. The Hall–Kier alpha value is -5.89. The minimum Gasteiger partial charge on any atom is -0.478 e. The fraction of sp³-hybridized carbons (Fsp3) is 0.419. The van der Waals surface area contributed by atoms with E-state index in [1.807, 2.05) is 19.2 Å². The first-order chi connectivity index (χ1) is 28.3. The number of piperidine rings is 1. The number of anilines is 1. The number of hydrogen-bond acceptors (Lipinski definition) is 10. The van der Waals surface area contributed by atoms with Crippen LogP contribution >= 0.6 is 0 Å². The number of benzene rings is 1. The minimum atomic E-state index is -1.33. The zero-order valence-electron chi connectivity index (χ0n) is 33.8. The molecule has 15 nitrogen and oxygen atoms in total. The topological polar surface area (TPSA) is 176 Å². The highest BCUT2D eigenvalue weighted by atomic mass is 28.3. The number of carboxylic acid groups (broad SMARTS) is 1. The van der Waals surface area contributed by atoms with Gasteiger partial charge in [0.1, 0.15) is 18.6 Å². The third-order valence-corrected chi connectivity index (χ3v) is 12.7. The maximum absolute atomic E-state index is 13.5. The van der Waals surface area contributed by atoms with Gasteiger partial charge in [0.25, 0.3) is 17.7 Å². The zero-order valence-corrected chi connectivity index (χ0v) is 34.8. The largest absolute Gasteiger partial charge is 0.478 e. The number of likely N-dealkylation sites (tertiary alicyclic amines) is 2. The Kier molecular flexibility index (Phi) is 12.3. The van der Waals surface area contributed by atoms with Crippen molar-refractivity contribution < 1.29 is 38.6 Å². The fourth-order valence-corrected chi connectivity index (χ4v) is 8.48. The molecule has 1 unspecified atom stereocenters. The summed E-state index contributed by atoms with van der Waals surface area (Å²) in [5.74, 6) is 5.53. The van der Waals surface area contributed by atoms with Crippen LogP contribution in [0.5, 0.6) is 5.88 Å². The molecule has 0 aliphatic carbocycles. The molecular weight excluding hydrogens is 771 g/mol. The van der Waals surface area contributed by atoms with Gasteiger partial charge in [-0.05, 0) is 75.1 Å². The Balaban J connectivity index is 0.894. The van der Waals surface area contributed by atoms with E-state index < -0.39 is 32.0 Å². The molecule has 4 aromatic rings. The molecule has 0 bridgehead atoms. The smallest absolute Gasteiger partial charge is 0.416 e. The highest BCUT2D eigenvalue weighted by molar-refractivity contribution is 6.76. The number of nitrogens with one attached hydrogen (secondary N) is 1. The molecule has 2 N–H and O–H groups in total. The number of nitrogens with zero attached hydrogens (tertiary/aromatic N) is 6. The number of imide groups is 1. The first kappa shape index (κ1) is 41.3. The first-order valence-corrected chi connectivity index (χ1v) is 23.7. The predicted molar refractivity (Wildman–Crippen MR) is 222 cm³/mol. The average molecular weight is 820 g/mol. The van der Waals surface area contributed by atoms with Crippen LogP contribution in [0.2, 0.25) is 25.7 Å². The van der Waals surface area contributed by atoms with E-state index in [1.165, 1.54) is 10.8 Å². The van der Waals surface area contributed by atoms with Gasteiger partial charge in [-0.3, -0.25) is 29.0 Å². The number of carbonyl (C=O) groups excluding carboxylic acids is 4. The Morgan fingerprint density at radius 3 is 2.58 bits per heavy atom. The maximum atomic E-state index is 13.5. The van der Waals surface area contributed by atoms with Crippen LogP contribution in [-0.2, 0) is 20.9 Å². The summed E-state index contributed by atoms with van der Waals surface area (Å²) >= 11 is 0. The van der Waals surface area contributed by atoms with E-state index in [1.54, 1.807) is 41.4 Å². The minimum absolute atomic E-state index is 0.00780. The van der Waals surface area contributed by atoms with Crippen molar-refractivity contribution in [1.82, 2.24) is 29.2 Å². The Labute approximate surface area is 343 Å². The maximum Gasteiger partial charge on any atom is 0.416 e. The summed E-state index contributed by atoms with van der Waals surface area (Å²) in [6.45, 7) is 8.55. The van der Waals surface area contributed by atoms with Gasteiger partial charge in [0.15, 0.2) is 0 Å². The van der Waals surface area contributed by atoms with Gasteiger partial charge in [0, 0.05) is 80.8 Å². The van der Waals surface area contributed by atoms with Crippen LogP contribution in [0, 0.1) is 11.8 Å². The third-order valence-electron chi connectivity index (χ3n) is 11.0. The van der Waals surface area contributed by atoms with Crippen LogP contribution in [-0.4, -0.2) is 112 Å². The Morgan fingerprint density at radius 1 is 1.02 bits per heavy atom. The summed E-state index contributed by atoms with van der Waals surface area (Å²) in [5.41, 5.74) is 3.41. The number of ether oxygens (including phenoxy) is 2. The third kappa shape index (κ3) is 9.22. The van der Waals surface area contributed by atoms with Gasteiger partial charge < -0.3 is 24.8 Å². The lowest BCUT2D eigenvalue weighted by atomic mass is 10.0. The molecule has 0 radical (unpaired) electrons. The summed E-state index contributed by atoms with van der Waals surface area (Å²) in [7, 11) is 0.653. The molecule has 0 saturated carbocycles. The molecular formula is C43H49N7O8Si. The lowest BCUT2D eigenvalue weighted by molar-refractivity contribution is -0.158. The molecule has 2 saturated heterocycles. The zero-order chi connectivity index (χ0) is 41.8. The molecule has 4 amide bonds. The van der Waals surface area contributed by atoms with E-state index in [4.69, 9.17) is 9.47 Å². The monoisotopic (exact) mass is 819 g/mol. The van der Waals surface area contributed by atoms with Crippen LogP contribution in [0.15, 0.2) is 54.9 Å². The van der Waals surface area contributed by atoms with E-state index >= 15 is 0 Å². The first-order valence-electron chi connectivity index (χ1n) is 20.0. The van der Waals surface area contributed by atoms with Crippen molar-refractivity contribution in [3.8, 4) is 17.7 Å². The van der Waals surface area contributed by atoms with Crippen molar-refractivity contribution in [2.24, 2.45) is 0 Å². The van der Waals surface area contributed by atoms with Crippen molar-refractivity contribution in [3.63, 3.8) is 0 Å². The lowest BCUT2D eigenvalue weighted by Gasteiger charge is -2.35. The van der Waals surface area contributed by atoms with Crippen LogP contribution in [0.25, 0.3) is 10.9 Å². The van der Waals surface area contributed by atoms with Crippen molar-refractivity contribution in [2.45, 2.75) is 82.8 Å². The average Bonchev–Trinajstić information content (AvgIpc) is 3.90. The molecule has 0 spiro atoms. The molecule has 59 heavy (non-hydrogen) atoms. The highest BCUT2D eigenvalue weighted by Crippen LogP contribution is 2.35. The summed E-state index contributed by atoms with van der Waals surface area (Å²) in [6.07, 6.45) is 5.28. The molecule has 16 heteroatoms. The number of aromatic nitrogens is 3. The number of unbranched alkanes of at least 4 members (excludes halogenated alkanes) is 1. The van der Waals surface area contributed by atoms with Crippen LogP contribution in [0.4, 0.5) is 10.6 Å². The number of pyridine rings is 2. The summed E-state index contributed by atoms with van der Waals surface area (Å²) in [5, 5.41) is 13.5. The van der Waals surface area contributed by atoms with Gasteiger partial charge in [-0.2, -0.15) is 0 Å². The van der Waals surface area contributed by atoms with Gasteiger partial charge in [-0.25, -0.2) is 19.3 Å². The van der Waals surface area contributed by atoms with Crippen LogP contribution in [0.3, 0.4) is 0 Å². The molecule has 308 valence electrons. The summed E-state index contributed by atoms with van der Waals surface area (Å²) in [4.78, 5) is 78.4. The van der Waals surface area contributed by atoms with E-state index in [2.05, 4.69) is 51.7 Å². The van der Waals surface area contributed by atoms with Gasteiger partial charge in [0.05, 0.1) is 23.7 Å². The molecule has 1 aromatic carbocycles. The lowest BCUT2D eigenvalue weighted by Crippen LogP contribution is -2.55. The number of carbonyl (C=O) groups is 5. The van der Waals surface area contributed by atoms with Gasteiger partial charge in [-0.15, -0.1) is 0 Å². The van der Waals surface area contributed by atoms with E-state index in [9.17, 15) is 29.1 Å². The predicted octanol–water partition coefficient (Wildman–Crippen LogP) is 5.97. The Bertz CT molecular complexity index is 2350. The standard InChI is InChI=1S/C43H49N7O8Si/c1-47-18-9-13-33(47)36-22-30-25-44-37(23-35(30)50(36)43(55)56)46-40(52)29-14-16-38(45-24-29)58-19-7-5-6-10-28-11-8-12-31-32(28)26-48(41(31)53)34-15-17-39(51)49(42(34)54)27-57-20-21-59(2,3)4/h8,11-12,14,16,22-25,33-34H,5,7,9,13,15,17-21,26-27H2,1-4H3,(H,55,56)(H,44,46,52)/t33-,34?/m1/s1. The van der Waals surface area contributed by atoms with Crippen molar-refractivity contribution in [3.05, 3.63) is 82.8 Å². The van der Waals surface area contributed by atoms with E-state index in [-0.39, 0.29) is 55.4 Å². The van der Waals surface area contributed by atoms with Crippen LogP contribution in [0.1, 0.15) is 82.1 Å². The molecule has 2 atom stereocenters. The van der Waals surface area contributed by atoms with Crippen molar-refractivity contribution in [1.29, 1.82) is 0 Å². The highest BCUT2D eigenvalue weighted by Gasteiger charge is 2.43. The second kappa shape index (κ2) is 17.5. The molecule has 3 aliphatic rings. The second-order valence-corrected chi connectivity index (χ2v) is 22.0. The number of hydrogen-bond donors (Lipinski definition) is 2. The van der Waals surface area contributed by atoms with Gasteiger partial charge >= 0.3 is 6.09 Å².